The van der Waals surface area contributed by atoms with E-state index in [1.54, 1.807) is 11.3 Å². The highest BCUT2D eigenvalue weighted by molar-refractivity contribution is 7.17. The summed E-state index contributed by atoms with van der Waals surface area (Å²) in [5, 5.41) is 12.5. The molecule has 1 aliphatic heterocycles. The summed E-state index contributed by atoms with van der Waals surface area (Å²) in [5.41, 5.74) is 1.26. The number of anilines is 1. The number of carboxylic acids is 1. The molecule has 0 radical (unpaired) electrons. The van der Waals surface area contributed by atoms with Crippen LogP contribution in [-0.4, -0.2) is 24.2 Å². The largest absolute Gasteiger partial charge is 0.481 e. The number of hydrogen-bond donors (Lipinski definition) is 1. The third kappa shape index (κ3) is 1.97. The van der Waals surface area contributed by atoms with Crippen LogP contribution in [0.4, 0.5) is 5.69 Å². The van der Waals surface area contributed by atoms with Crippen LogP contribution in [0.2, 0.25) is 0 Å². The van der Waals surface area contributed by atoms with Crippen LogP contribution in [-0.2, 0) is 4.79 Å². The second-order valence-corrected chi connectivity index (χ2v) is 5.63. The Morgan fingerprint density at radius 3 is 2.72 bits per heavy atom. The van der Waals surface area contributed by atoms with Gasteiger partial charge in [-0.1, -0.05) is 18.2 Å². The summed E-state index contributed by atoms with van der Waals surface area (Å²) in [5.74, 6) is -0.809. The van der Waals surface area contributed by atoms with Gasteiger partial charge in [0.1, 0.15) is 0 Å². The molecule has 2 heterocycles. The highest BCUT2D eigenvalue weighted by atomic mass is 32.1. The zero-order valence-corrected chi connectivity index (χ0v) is 10.8. The van der Waals surface area contributed by atoms with Gasteiger partial charge in [-0.2, -0.15) is 0 Å². The van der Waals surface area contributed by atoms with Crippen molar-refractivity contribution >= 4 is 33.1 Å². The maximum Gasteiger partial charge on any atom is 0.306 e. The van der Waals surface area contributed by atoms with Crippen LogP contribution in [0.15, 0.2) is 29.6 Å². The van der Waals surface area contributed by atoms with Gasteiger partial charge in [-0.15, -0.1) is 11.3 Å². The second kappa shape index (κ2) is 4.61. The van der Waals surface area contributed by atoms with E-state index in [-0.39, 0.29) is 5.92 Å². The molecule has 2 aromatic rings. The highest BCUT2D eigenvalue weighted by Gasteiger charge is 2.25. The lowest BCUT2D eigenvalue weighted by Gasteiger charge is -2.31. The minimum Gasteiger partial charge on any atom is -0.481 e. The Hall–Kier alpha value is -1.55. The smallest absolute Gasteiger partial charge is 0.306 e. The lowest BCUT2D eigenvalue weighted by atomic mass is 9.97. The van der Waals surface area contributed by atoms with Crippen LogP contribution in [0.3, 0.4) is 0 Å². The summed E-state index contributed by atoms with van der Waals surface area (Å²) in [4.78, 5) is 13.3. The number of hydrogen-bond acceptors (Lipinski definition) is 3. The minimum absolute atomic E-state index is 0.161. The average Bonchev–Trinajstić information content (AvgIpc) is 2.82. The number of fused-ring (bicyclic) bond motifs is 1. The standard InChI is InChI=1S/C14H15NO2S/c16-14(17)10-5-7-15(8-6-10)12-9-18-13-4-2-1-3-11(12)13/h1-4,9-10H,5-8H2,(H,16,17). The first-order chi connectivity index (χ1) is 8.75. The summed E-state index contributed by atoms with van der Waals surface area (Å²) >= 11 is 1.76. The summed E-state index contributed by atoms with van der Waals surface area (Å²) in [6, 6.07) is 8.39. The average molecular weight is 261 g/mol. The van der Waals surface area contributed by atoms with E-state index >= 15 is 0 Å². The van der Waals surface area contributed by atoms with E-state index in [1.165, 1.54) is 15.8 Å². The van der Waals surface area contributed by atoms with Gasteiger partial charge >= 0.3 is 5.97 Å². The number of benzene rings is 1. The molecule has 0 aliphatic carbocycles. The summed E-state index contributed by atoms with van der Waals surface area (Å²) in [6.45, 7) is 1.69. The maximum absolute atomic E-state index is 10.9. The highest BCUT2D eigenvalue weighted by Crippen LogP contribution is 2.34. The number of nitrogens with zero attached hydrogens (tertiary/aromatic N) is 1. The van der Waals surface area contributed by atoms with Gasteiger partial charge in [-0.3, -0.25) is 4.79 Å². The van der Waals surface area contributed by atoms with E-state index in [0.29, 0.717) is 0 Å². The van der Waals surface area contributed by atoms with Crippen molar-refractivity contribution in [1.29, 1.82) is 0 Å². The molecule has 1 aliphatic rings. The second-order valence-electron chi connectivity index (χ2n) is 4.72. The van der Waals surface area contributed by atoms with Crippen molar-refractivity contribution < 1.29 is 9.90 Å². The lowest BCUT2D eigenvalue weighted by molar-refractivity contribution is -0.142. The van der Waals surface area contributed by atoms with Gasteiger partial charge in [-0.25, -0.2) is 0 Å². The quantitative estimate of drug-likeness (QED) is 0.902. The Morgan fingerprint density at radius 1 is 1.28 bits per heavy atom. The van der Waals surface area contributed by atoms with Crippen molar-refractivity contribution in [2.45, 2.75) is 12.8 Å². The number of piperidine rings is 1. The molecule has 1 fully saturated rings. The predicted molar refractivity (Wildman–Crippen MR) is 74.4 cm³/mol. The Kier molecular flexibility index (Phi) is 2.96. The fraction of sp³-hybridized carbons (Fsp3) is 0.357. The zero-order valence-electron chi connectivity index (χ0n) is 10.0. The van der Waals surface area contributed by atoms with Gasteiger partial charge in [0.15, 0.2) is 0 Å². The van der Waals surface area contributed by atoms with Crippen molar-refractivity contribution in [2.75, 3.05) is 18.0 Å². The van der Waals surface area contributed by atoms with Crippen LogP contribution in [0.25, 0.3) is 10.1 Å². The summed E-state index contributed by atoms with van der Waals surface area (Å²) in [7, 11) is 0. The van der Waals surface area contributed by atoms with Crippen LogP contribution in [0, 0.1) is 5.92 Å². The first-order valence-electron chi connectivity index (χ1n) is 6.19. The Morgan fingerprint density at radius 2 is 2.00 bits per heavy atom. The molecule has 0 unspecified atom stereocenters. The molecule has 0 bridgehead atoms. The molecule has 1 aromatic carbocycles. The van der Waals surface area contributed by atoms with Crippen LogP contribution < -0.4 is 4.90 Å². The van der Waals surface area contributed by atoms with Gasteiger partial charge in [0, 0.05) is 28.6 Å². The van der Waals surface area contributed by atoms with Crippen molar-refractivity contribution in [3.8, 4) is 0 Å². The normalized spacial score (nSPS) is 17.2. The number of carboxylic acid groups (broad SMARTS) is 1. The molecule has 1 aromatic heterocycles. The number of carbonyl (C=O) groups is 1. The van der Waals surface area contributed by atoms with Crippen LogP contribution in [0.1, 0.15) is 12.8 Å². The predicted octanol–water partition coefficient (Wildman–Crippen LogP) is 3.20. The van der Waals surface area contributed by atoms with Gasteiger partial charge in [0.05, 0.1) is 11.6 Å². The first-order valence-corrected chi connectivity index (χ1v) is 7.07. The molecule has 3 nitrogen and oxygen atoms in total. The summed E-state index contributed by atoms with van der Waals surface area (Å²) in [6.07, 6.45) is 1.50. The molecule has 1 N–H and O–H groups in total. The minimum atomic E-state index is -0.648. The van der Waals surface area contributed by atoms with Gasteiger partial charge < -0.3 is 10.0 Å². The Balaban J connectivity index is 1.82. The van der Waals surface area contributed by atoms with Crippen molar-refractivity contribution in [3.63, 3.8) is 0 Å². The van der Waals surface area contributed by atoms with E-state index < -0.39 is 5.97 Å². The molecule has 18 heavy (non-hydrogen) atoms. The van der Waals surface area contributed by atoms with Crippen molar-refractivity contribution in [1.82, 2.24) is 0 Å². The van der Waals surface area contributed by atoms with E-state index in [2.05, 4.69) is 34.5 Å². The van der Waals surface area contributed by atoms with Crippen LogP contribution in [0.5, 0.6) is 0 Å². The Labute approximate surface area is 110 Å². The Bertz CT molecular complexity index is 570. The third-order valence-corrected chi connectivity index (χ3v) is 4.60. The molecule has 0 atom stereocenters. The molecule has 0 saturated carbocycles. The van der Waals surface area contributed by atoms with Gasteiger partial charge in [0.25, 0.3) is 0 Å². The number of thiophene rings is 1. The lowest BCUT2D eigenvalue weighted by Crippen LogP contribution is -2.36. The van der Waals surface area contributed by atoms with E-state index in [0.717, 1.165) is 25.9 Å². The molecule has 0 amide bonds. The molecule has 3 rings (SSSR count). The topological polar surface area (TPSA) is 40.5 Å². The molecule has 0 spiro atoms. The molecular weight excluding hydrogens is 246 g/mol. The monoisotopic (exact) mass is 261 g/mol. The molecular formula is C14H15NO2S. The number of aliphatic carboxylic acids is 1. The van der Waals surface area contributed by atoms with Gasteiger partial charge in [-0.05, 0) is 18.9 Å². The van der Waals surface area contributed by atoms with E-state index in [1.807, 2.05) is 0 Å². The zero-order chi connectivity index (χ0) is 12.5. The van der Waals surface area contributed by atoms with Crippen LogP contribution >= 0.6 is 11.3 Å². The van der Waals surface area contributed by atoms with Crippen molar-refractivity contribution in [3.05, 3.63) is 29.6 Å². The molecule has 1 saturated heterocycles. The number of rotatable bonds is 2. The van der Waals surface area contributed by atoms with E-state index in [4.69, 9.17) is 5.11 Å². The van der Waals surface area contributed by atoms with Gasteiger partial charge in [0.2, 0.25) is 0 Å². The summed E-state index contributed by atoms with van der Waals surface area (Å²) < 4.78 is 1.30. The van der Waals surface area contributed by atoms with E-state index in [9.17, 15) is 4.79 Å². The molecule has 94 valence electrons. The fourth-order valence-electron chi connectivity index (χ4n) is 2.58. The third-order valence-electron chi connectivity index (χ3n) is 3.65. The fourth-order valence-corrected chi connectivity index (χ4v) is 3.55. The maximum atomic E-state index is 10.9. The first kappa shape index (κ1) is 11.5. The molecule has 4 heteroatoms. The van der Waals surface area contributed by atoms with Crippen molar-refractivity contribution in [2.24, 2.45) is 5.92 Å². The SMILES string of the molecule is O=C(O)C1CCN(c2csc3ccccc23)CC1.